The van der Waals surface area contributed by atoms with Crippen molar-refractivity contribution in [2.75, 3.05) is 25.6 Å². The van der Waals surface area contributed by atoms with E-state index >= 15 is 0 Å². The number of methoxy groups -OCH3 is 1. The molecule has 208 valence electrons. The van der Waals surface area contributed by atoms with Crippen molar-refractivity contribution < 1.29 is 50.9 Å². The second-order valence-corrected chi connectivity index (χ2v) is 8.87. The van der Waals surface area contributed by atoms with Gasteiger partial charge in [-0.1, -0.05) is 13.0 Å². The van der Waals surface area contributed by atoms with E-state index in [0.29, 0.717) is 6.07 Å². The summed E-state index contributed by atoms with van der Waals surface area (Å²) in [6.45, 7) is 0.910. The maximum absolute atomic E-state index is 14.9. The van der Waals surface area contributed by atoms with Gasteiger partial charge in [-0.2, -0.15) is 17.6 Å². The zero-order chi connectivity index (χ0) is 28.4. The van der Waals surface area contributed by atoms with E-state index in [4.69, 9.17) is 19.9 Å². The van der Waals surface area contributed by atoms with Gasteiger partial charge in [0.05, 0.1) is 6.61 Å². The van der Waals surface area contributed by atoms with E-state index < -0.39 is 78.2 Å². The minimum absolute atomic E-state index is 0.0120. The van der Waals surface area contributed by atoms with Gasteiger partial charge in [0.1, 0.15) is 24.5 Å². The van der Waals surface area contributed by atoms with Gasteiger partial charge in [0.15, 0.2) is 17.2 Å². The van der Waals surface area contributed by atoms with Crippen molar-refractivity contribution in [2.24, 2.45) is 11.7 Å². The molecule has 0 saturated carbocycles. The number of carbonyl (C=O) groups excluding carboxylic acids is 2. The van der Waals surface area contributed by atoms with Gasteiger partial charge in [-0.25, -0.2) is 4.39 Å². The molecule has 2 heterocycles. The predicted octanol–water partition coefficient (Wildman–Crippen LogP) is 2.92. The Hall–Kier alpha value is -3.36. The van der Waals surface area contributed by atoms with Gasteiger partial charge in [0.25, 0.3) is 11.8 Å². The Labute approximate surface area is 214 Å². The van der Waals surface area contributed by atoms with Crippen LogP contribution in [0.15, 0.2) is 30.5 Å². The number of pyridine rings is 1. The molecule has 1 saturated heterocycles. The summed E-state index contributed by atoms with van der Waals surface area (Å²) in [5.74, 6) is -8.51. The molecule has 4 N–H and O–H groups in total. The van der Waals surface area contributed by atoms with Crippen LogP contribution in [-0.4, -0.2) is 66.2 Å². The summed E-state index contributed by atoms with van der Waals surface area (Å²) in [6.07, 6.45) is -6.61. The van der Waals surface area contributed by atoms with Gasteiger partial charge in [-0.3, -0.25) is 14.6 Å². The zero-order valence-corrected chi connectivity index (χ0v) is 20.5. The molecule has 38 heavy (non-hydrogen) atoms. The van der Waals surface area contributed by atoms with Crippen LogP contribution in [0.25, 0.3) is 0 Å². The number of anilines is 1. The number of hydrogen-bond donors (Lipinski definition) is 3. The average Bonchev–Trinajstić information content (AvgIpc) is 3.14. The number of primary amides is 1. The average molecular weight is 547 g/mol. The first-order valence-electron chi connectivity index (χ1n) is 11.3. The normalized spacial score (nSPS) is 24.2. The van der Waals surface area contributed by atoms with Crippen LogP contribution in [0.4, 0.5) is 27.6 Å². The molecule has 3 rings (SSSR count). The van der Waals surface area contributed by atoms with Crippen LogP contribution >= 0.6 is 0 Å². The number of benzene rings is 1. The quantitative estimate of drug-likeness (QED) is 0.411. The Kier molecular flexibility index (Phi) is 8.58. The van der Waals surface area contributed by atoms with Gasteiger partial charge in [0, 0.05) is 36.4 Å². The van der Waals surface area contributed by atoms with Crippen LogP contribution in [0.3, 0.4) is 0 Å². The lowest BCUT2D eigenvalue weighted by molar-refractivity contribution is -0.272. The number of nitrogens with zero attached hydrogens (tertiary/aromatic N) is 1. The second-order valence-electron chi connectivity index (χ2n) is 8.87. The number of nitrogens with two attached hydrogens (primary N) is 1. The lowest BCUT2D eigenvalue weighted by Gasteiger charge is -2.32. The minimum atomic E-state index is -4.95. The number of amides is 2. The molecule has 0 radical (unpaired) electrons. The second kappa shape index (κ2) is 11.2. The zero-order valence-electron chi connectivity index (χ0n) is 20.5. The number of ether oxygens (including phenoxy) is 3. The maximum Gasteiger partial charge on any atom is 0.417 e. The summed E-state index contributed by atoms with van der Waals surface area (Å²) in [5, 5.41) is 11.7. The van der Waals surface area contributed by atoms with Gasteiger partial charge < -0.3 is 30.4 Å². The molecular formula is C24H26F5N3O6. The van der Waals surface area contributed by atoms with Crippen molar-refractivity contribution >= 4 is 17.5 Å². The molecule has 9 nitrogen and oxygen atoms in total. The lowest BCUT2D eigenvalue weighted by Crippen LogP contribution is -2.47. The lowest BCUT2D eigenvalue weighted by atomic mass is 9.77. The van der Waals surface area contributed by atoms with Crippen molar-refractivity contribution in [3.8, 4) is 5.75 Å². The largest absolute Gasteiger partial charge is 0.487 e. The van der Waals surface area contributed by atoms with Crippen molar-refractivity contribution in [3.63, 3.8) is 0 Å². The van der Waals surface area contributed by atoms with Gasteiger partial charge in [-0.05, 0) is 25.1 Å². The minimum Gasteiger partial charge on any atom is -0.487 e. The van der Waals surface area contributed by atoms with Gasteiger partial charge in [-0.15, -0.1) is 0 Å². The van der Waals surface area contributed by atoms with Crippen LogP contribution in [0.5, 0.6) is 5.75 Å². The Bertz CT molecular complexity index is 1190. The van der Waals surface area contributed by atoms with Crippen LogP contribution < -0.4 is 15.8 Å². The number of aromatic nitrogens is 1. The van der Waals surface area contributed by atoms with E-state index in [9.17, 15) is 36.6 Å². The molecule has 5 atom stereocenters. The summed E-state index contributed by atoms with van der Waals surface area (Å²) >= 11 is 0. The smallest absolute Gasteiger partial charge is 0.417 e. The van der Waals surface area contributed by atoms with Crippen molar-refractivity contribution in [1.82, 2.24) is 4.98 Å². The molecule has 2 amide bonds. The molecule has 1 aliphatic rings. The number of rotatable bonds is 9. The molecule has 1 aliphatic heterocycles. The summed E-state index contributed by atoms with van der Waals surface area (Å²) in [6, 6.07) is 4.10. The van der Waals surface area contributed by atoms with Crippen molar-refractivity contribution in [1.29, 1.82) is 0 Å². The third kappa shape index (κ3) is 5.56. The van der Waals surface area contributed by atoms with E-state index in [2.05, 4.69) is 10.3 Å². The highest BCUT2D eigenvalue weighted by Crippen LogP contribution is 2.55. The van der Waals surface area contributed by atoms with E-state index in [-0.39, 0.29) is 16.9 Å². The van der Waals surface area contributed by atoms with Crippen molar-refractivity contribution in [2.45, 2.75) is 43.8 Å². The predicted molar refractivity (Wildman–Crippen MR) is 122 cm³/mol. The highest BCUT2D eigenvalue weighted by atomic mass is 19.4. The monoisotopic (exact) mass is 547 g/mol. The SMILES string of the molecule is CO[C@H](CO)COc1c([C@H]2[C@H](C(=O)Nc3ccnc(C(N)=O)c3)O[C@@](C)(C(F)(F)F)[C@H]2C)ccc(F)c1F. The molecule has 14 heteroatoms. The fourth-order valence-corrected chi connectivity index (χ4v) is 4.21. The third-order valence-electron chi connectivity index (χ3n) is 6.60. The first kappa shape index (κ1) is 29.2. The summed E-state index contributed by atoms with van der Waals surface area (Å²) in [7, 11) is 1.23. The molecule has 0 unspecified atom stereocenters. The highest BCUT2D eigenvalue weighted by molar-refractivity contribution is 5.97. The molecule has 1 aromatic carbocycles. The van der Waals surface area contributed by atoms with Gasteiger partial charge >= 0.3 is 6.18 Å². The number of alkyl halides is 3. The number of carbonyl (C=O) groups is 2. The van der Waals surface area contributed by atoms with Crippen LogP contribution in [0.1, 0.15) is 35.8 Å². The Morgan fingerprint density at radius 3 is 2.55 bits per heavy atom. The molecule has 2 aromatic rings. The van der Waals surface area contributed by atoms with E-state index in [1.807, 2.05) is 0 Å². The van der Waals surface area contributed by atoms with E-state index in [1.165, 1.54) is 20.1 Å². The number of halogens is 5. The Morgan fingerprint density at radius 2 is 1.97 bits per heavy atom. The van der Waals surface area contributed by atoms with E-state index in [1.54, 1.807) is 0 Å². The Morgan fingerprint density at radius 1 is 1.29 bits per heavy atom. The molecular weight excluding hydrogens is 521 g/mol. The van der Waals surface area contributed by atoms with Gasteiger partial charge in [0.2, 0.25) is 5.82 Å². The van der Waals surface area contributed by atoms with E-state index in [0.717, 1.165) is 25.3 Å². The molecule has 0 aliphatic carbocycles. The first-order chi connectivity index (χ1) is 17.7. The maximum atomic E-state index is 14.9. The third-order valence-corrected chi connectivity index (χ3v) is 6.60. The van der Waals surface area contributed by atoms with Crippen LogP contribution in [0, 0.1) is 17.6 Å². The van der Waals surface area contributed by atoms with Crippen LogP contribution in [-0.2, 0) is 14.3 Å². The summed E-state index contributed by atoms with van der Waals surface area (Å²) < 4.78 is 87.1. The first-order valence-corrected chi connectivity index (χ1v) is 11.3. The summed E-state index contributed by atoms with van der Waals surface area (Å²) in [4.78, 5) is 28.4. The topological polar surface area (TPSA) is 133 Å². The number of aliphatic hydroxyl groups excluding tert-OH is 1. The molecule has 0 bridgehead atoms. The highest BCUT2D eigenvalue weighted by Gasteiger charge is 2.66. The van der Waals surface area contributed by atoms with Crippen molar-refractivity contribution in [3.05, 3.63) is 53.4 Å². The molecule has 1 fully saturated rings. The number of hydrogen-bond acceptors (Lipinski definition) is 7. The fourth-order valence-electron chi connectivity index (χ4n) is 4.21. The number of aliphatic hydroxyl groups is 1. The summed E-state index contributed by atoms with van der Waals surface area (Å²) in [5.41, 5.74) is 1.83. The molecule has 0 spiro atoms. The Balaban J connectivity index is 2.08. The fraction of sp³-hybridized carbons (Fsp3) is 0.458. The molecule has 1 aromatic heterocycles. The number of nitrogens with one attached hydrogen (secondary N) is 1. The standard InChI is InChI=1S/C24H26F5N3O6/c1-11-17(14-4-5-15(25)18(26)19(14)37-10-13(9-33)36-3)20(38-23(11,2)24(27,28)29)22(35)32-12-6-7-31-16(8-12)21(30)34/h4-8,11,13,17,20,33H,9-10H2,1-3H3,(H2,30,34)(H,31,32,35)/t11-,13+,17-,20+,23+/m0/s1. The van der Waals surface area contributed by atoms with Crippen LogP contribution in [0.2, 0.25) is 0 Å².